The van der Waals surface area contributed by atoms with Gasteiger partial charge in [0.2, 0.25) is 11.8 Å². The molecular weight excluding hydrogens is 314 g/mol. The normalized spacial score (nSPS) is 19.6. The van der Waals surface area contributed by atoms with Gasteiger partial charge >= 0.3 is 0 Å². The van der Waals surface area contributed by atoms with E-state index in [1.54, 1.807) is 7.11 Å². The second-order valence-corrected chi connectivity index (χ2v) is 6.98. The zero-order valence-corrected chi connectivity index (χ0v) is 13.9. The van der Waals surface area contributed by atoms with Crippen molar-refractivity contribution in [3.8, 4) is 0 Å². The first-order chi connectivity index (χ1) is 11.1. The van der Waals surface area contributed by atoms with Gasteiger partial charge in [0.05, 0.1) is 23.5 Å². The van der Waals surface area contributed by atoms with E-state index in [1.165, 1.54) is 11.8 Å². The van der Waals surface area contributed by atoms with Gasteiger partial charge in [0.1, 0.15) is 0 Å². The molecule has 2 aliphatic heterocycles. The standard InChI is InChI=1S/C16H21N3O3S/c1-22-10-16(4-6-17-7-5-16)15(21)18-11-2-3-13-12(8-11)19-14(20)9-23-13/h2-3,8,17H,4-7,9-10H2,1H3,(H,18,21)(H,19,20). The average molecular weight is 335 g/mol. The summed E-state index contributed by atoms with van der Waals surface area (Å²) in [5.41, 5.74) is 0.967. The number of anilines is 2. The van der Waals surface area contributed by atoms with Crippen LogP contribution in [0.3, 0.4) is 0 Å². The lowest BCUT2D eigenvalue weighted by Gasteiger charge is -2.35. The van der Waals surface area contributed by atoms with E-state index in [0.717, 1.165) is 36.5 Å². The van der Waals surface area contributed by atoms with E-state index >= 15 is 0 Å². The van der Waals surface area contributed by atoms with Gasteiger partial charge in [-0.15, -0.1) is 11.8 Å². The van der Waals surface area contributed by atoms with Crippen LogP contribution in [-0.4, -0.2) is 44.4 Å². The van der Waals surface area contributed by atoms with Crippen molar-refractivity contribution in [1.82, 2.24) is 5.32 Å². The van der Waals surface area contributed by atoms with Crippen molar-refractivity contribution in [3.05, 3.63) is 18.2 Å². The van der Waals surface area contributed by atoms with Gasteiger partial charge in [-0.25, -0.2) is 0 Å². The topological polar surface area (TPSA) is 79.5 Å². The summed E-state index contributed by atoms with van der Waals surface area (Å²) in [5, 5.41) is 9.11. The number of rotatable bonds is 4. The highest BCUT2D eigenvalue weighted by molar-refractivity contribution is 8.00. The average Bonchev–Trinajstić information content (AvgIpc) is 2.55. The molecule has 0 spiro atoms. The number of ether oxygens (including phenoxy) is 1. The van der Waals surface area contributed by atoms with Crippen molar-refractivity contribution in [2.24, 2.45) is 5.41 Å². The monoisotopic (exact) mass is 335 g/mol. The highest BCUT2D eigenvalue weighted by atomic mass is 32.2. The van der Waals surface area contributed by atoms with Crippen LogP contribution in [0.2, 0.25) is 0 Å². The molecule has 0 atom stereocenters. The van der Waals surface area contributed by atoms with Crippen molar-refractivity contribution >= 4 is 35.0 Å². The summed E-state index contributed by atoms with van der Waals surface area (Å²) >= 11 is 1.51. The largest absolute Gasteiger partial charge is 0.384 e. The van der Waals surface area contributed by atoms with Gasteiger partial charge in [-0.3, -0.25) is 9.59 Å². The highest BCUT2D eigenvalue weighted by Gasteiger charge is 2.39. The lowest BCUT2D eigenvalue weighted by molar-refractivity contribution is -0.130. The van der Waals surface area contributed by atoms with Crippen LogP contribution in [0.25, 0.3) is 0 Å². The molecule has 6 nitrogen and oxygen atoms in total. The SMILES string of the molecule is COCC1(C(=O)Nc2ccc3c(c2)NC(=O)CS3)CCNCC1. The molecule has 1 aromatic carbocycles. The van der Waals surface area contributed by atoms with Crippen LogP contribution in [-0.2, 0) is 14.3 Å². The number of methoxy groups -OCH3 is 1. The molecule has 2 heterocycles. The molecule has 0 radical (unpaired) electrons. The summed E-state index contributed by atoms with van der Waals surface area (Å²) in [7, 11) is 1.63. The summed E-state index contributed by atoms with van der Waals surface area (Å²) in [6.45, 7) is 2.04. The fourth-order valence-corrected chi connectivity index (χ4v) is 3.83. The first kappa shape index (κ1) is 16.3. The Morgan fingerprint density at radius 3 is 2.91 bits per heavy atom. The molecule has 0 bridgehead atoms. The van der Waals surface area contributed by atoms with E-state index in [0.29, 0.717) is 18.0 Å². The molecule has 1 saturated heterocycles. The minimum absolute atomic E-state index is 0.0137. The van der Waals surface area contributed by atoms with Crippen LogP contribution in [0.1, 0.15) is 12.8 Å². The van der Waals surface area contributed by atoms with Gasteiger partial charge in [0.15, 0.2) is 0 Å². The van der Waals surface area contributed by atoms with E-state index in [1.807, 2.05) is 18.2 Å². The first-order valence-corrected chi connectivity index (χ1v) is 8.69. The summed E-state index contributed by atoms with van der Waals surface area (Å²) in [4.78, 5) is 25.3. The van der Waals surface area contributed by atoms with E-state index < -0.39 is 5.41 Å². The highest BCUT2D eigenvalue weighted by Crippen LogP contribution is 2.35. The maximum Gasteiger partial charge on any atom is 0.234 e. The van der Waals surface area contributed by atoms with E-state index in [2.05, 4.69) is 16.0 Å². The van der Waals surface area contributed by atoms with E-state index in [4.69, 9.17) is 4.74 Å². The van der Waals surface area contributed by atoms with Crippen molar-refractivity contribution in [1.29, 1.82) is 0 Å². The van der Waals surface area contributed by atoms with Gasteiger partial charge in [0, 0.05) is 17.7 Å². The second kappa shape index (κ2) is 6.90. The third-order valence-electron chi connectivity index (χ3n) is 4.33. The lowest BCUT2D eigenvalue weighted by Crippen LogP contribution is -2.47. The van der Waals surface area contributed by atoms with Crippen molar-refractivity contribution in [3.63, 3.8) is 0 Å². The predicted molar refractivity (Wildman–Crippen MR) is 90.8 cm³/mol. The number of hydrogen-bond donors (Lipinski definition) is 3. The zero-order valence-electron chi connectivity index (χ0n) is 13.1. The number of carbonyl (C=O) groups excluding carboxylic acids is 2. The number of fused-ring (bicyclic) bond motifs is 1. The Labute approximate surface area is 139 Å². The molecular formula is C16H21N3O3S. The molecule has 2 amide bonds. The van der Waals surface area contributed by atoms with Crippen molar-refractivity contribution in [2.45, 2.75) is 17.7 Å². The molecule has 23 heavy (non-hydrogen) atoms. The van der Waals surface area contributed by atoms with Crippen LogP contribution >= 0.6 is 11.8 Å². The van der Waals surface area contributed by atoms with Crippen LogP contribution < -0.4 is 16.0 Å². The van der Waals surface area contributed by atoms with Crippen molar-refractivity contribution < 1.29 is 14.3 Å². The Morgan fingerprint density at radius 2 is 2.17 bits per heavy atom. The minimum atomic E-state index is -0.492. The number of benzene rings is 1. The molecule has 1 aromatic rings. The second-order valence-electron chi connectivity index (χ2n) is 5.97. The van der Waals surface area contributed by atoms with Gasteiger partial charge in [0.25, 0.3) is 0 Å². The van der Waals surface area contributed by atoms with Gasteiger partial charge in [-0.05, 0) is 44.1 Å². The van der Waals surface area contributed by atoms with Crippen LogP contribution in [0.5, 0.6) is 0 Å². The lowest BCUT2D eigenvalue weighted by atomic mass is 9.78. The Kier molecular flexibility index (Phi) is 4.89. The summed E-state index contributed by atoms with van der Waals surface area (Å²) < 4.78 is 5.30. The molecule has 3 N–H and O–H groups in total. The van der Waals surface area contributed by atoms with Crippen LogP contribution in [0.15, 0.2) is 23.1 Å². The Bertz CT molecular complexity index is 609. The van der Waals surface area contributed by atoms with Crippen LogP contribution in [0, 0.1) is 5.41 Å². The third-order valence-corrected chi connectivity index (χ3v) is 5.41. The van der Waals surface area contributed by atoms with Gasteiger partial charge in [-0.2, -0.15) is 0 Å². The number of thioether (sulfide) groups is 1. The number of carbonyl (C=O) groups is 2. The molecule has 0 saturated carbocycles. The maximum atomic E-state index is 12.8. The smallest absolute Gasteiger partial charge is 0.234 e. The Morgan fingerprint density at radius 1 is 1.39 bits per heavy atom. The summed E-state index contributed by atoms with van der Waals surface area (Å²) in [6, 6.07) is 5.63. The van der Waals surface area contributed by atoms with Gasteiger partial charge in [-0.1, -0.05) is 0 Å². The molecule has 3 rings (SSSR count). The summed E-state index contributed by atoms with van der Waals surface area (Å²) in [6.07, 6.45) is 1.51. The first-order valence-electron chi connectivity index (χ1n) is 7.71. The number of hydrogen-bond acceptors (Lipinski definition) is 5. The summed E-state index contributed by atoms with van der Waals surface area (Å²) in [5.74, 6) is 0.401. The van der Waals surface area contributed by atoms with Crippen molar-refractivity contribution in [2.75, 3.05) is 43.2 Å². The fourth-order valence-electron chi connectivity index (χ4n) is 3.04. The zero-order chi connectivity index (χ0) is 16.3. The fraction of sp³-hybridized carbons (Fsp3) is 0.500. The Hall–Kier alpha value is -1.57. The molecule has 124 valence electrons. The molecule has 0 aliphatic carbocycles. The third kappa shape index (κ3) is 3.52. The predicted octanol–water partition coefficient (Wildman–Crippen LogP) is 1.69. The minimum Gasteiger partial charge on any atom is -0.384 e. The molecule has 2 aliphatic rings. The maximum absolute atomic E-state index is 12.8. The quantitative estimate of drug-likeness (QED) is 0.780. The van der Waals surface area contributed by atoms with E-state index in [-0.39, 0.29) is 11.8 Å². The molecule has 0 aromatic heterocycles. The van der Waals surface area contributed by atoms with E-state index in [9.17, 15) is 9.59 Å². The van der Waals surface area contributed by atoms with Crippen LogP contribution in [0.4, 0.5) is 11.4 Å². The number of amides is 2. The Balaban J connectivity index is 1.76. The van der Waals surface area contributed by atoms with Gasteiger partial charge < -0.3 is 20.7 Å². The molecule has 7 heteroatoms. The number of piperidine rings is 1. The number of nitrogens with one attached hydrogen (secondary N) is 3. The molecule has 1 fully saturated rings. The molecule has 0 unspecified atom stereocenters.